The second-order valence-electron chi connectivity index (χ2n) is 8.71. The highest BCUT2D eigenvalue weighted by atomic mass is 16.7. The van der Waals surface area contributed by atoms with Gasteiger partial charge in [-0.15, -0.1) is 0 Å². The molecule has 1 heterocycles. The quantitative estimate of drug-likeness (QED) is 0.349. The highest BCUT2D eigenvalue weighted by molar-refractivity contribution is 5.78. The number of carbonyl (C=O) groups excluding carboxylic acids is 4. The lowest BCUT2D eigenvalue weighted by Crippen LogP contribution is -2.61. The standard InChI is InChI=1S/C27H34O9/c1-5-20(28)33-24-16(4)32-27(26(35-22(30)7-3)25(24)34-21(29)6-2)36-23(31)15-14-18-13-12-17-10-8-9-11-19(17)18/h8-11,13,16,24-27H,5-7,12,14-15H2,1-4H3/t16-,24+,25+,26-,27?/m0/s1. The fraction of sp³-hybridized carbons (Fsp3) is 0.556. The molecule has 0 aromatic heterocycles. The van der Waals surface area contributed by atoms with Gasteiger partial charge in [-0.05, 0) is 36.5 Å². The van der Waals surface area contributed by atoms with Gasteiger partial charge in [0.15, 0.2) is 12.2 Å². The van der Waals surface area contributed by atoms with Crippen LogP contribution in [0.1, 0.15) is 70.9 Å². The number of benzene rings is 1. The molecule has 196 valence electrons. The molecule has 0 bridgehead atoms. The topological polar surface area (TPSA) is 114 Å². The minimum atomic E-state index is -1.33. The van der Waals surface area contributed by atoms with Gasteiger partial charge < -0.3 is 23.7 Å². The smallest absolute Gasteiger partial charge is 0.308 e. The predicted octanol–water partition coefficient (Wildman–Crippen LogP) is 3.66. The number of hydrogen-bond acceptors (Lipinski definition) is 9. The van der Waals surface area contributed by atoms with Crippen LogP contribution >= 0.6 is 0 Å². The van der Waals surface area contributed by atoms with Gasteiger partial charge in [0.2, 0.25) is 12.4 Å². The third kappa shape index (κ3) is 6.72. The Kier molecular flexibility index (Phi) is 9.64. The molecule has 2 aliphatic rings. The Hall–Kier alpha value is -3.20. The molecule has 0 amide bonds. The minimum Gasteiger partial charge on any atom is -0.455 e. The summed E-state index contributed by atoms with van der Waals surface area (Å²) in [5.41, 5.74) is 3.40. The van der Waals surface area contributed by atoms with Gasteiger partial charge >= 0.3 is 23.9 Å². The van der Waals surface area contributed by atoms with E-state index in [1.807, 2.05) is 18.2 Å². The van der Waals surface area contributed by atoms with Crippen molar-refractivity contribution in [2.24, 2.45) is 0 Å². The van der Waals surface area contributed by atoms with E-state index in [2.05, 4.69) is 12.1 Å². The van der Waals surface area contributed by atoms with Crippen molar-refractivity contribution in [1.29, 1.82) is 0 Å². The van der Waals surface area contributed by atoms with Crippen molar-refractivity contribution in [3.8, 4) is 0 Å². The van der Waals surface area contributed by atoms with Gasteiger partial charge in [-0.25, -0.2) is 0 Å². The summed E-state index contributed by atoms with van der Waals surface area (Å²) in [6.45, 7) is 6.45. The fourth-order valence-corrected chi connectivity index (χ4v) is 4.21. The lowest BCUT2D eigenvalue weighted by molar-refractivity contribution is -0.294. The normalized spacial score (nSPS) is 24.8. The highest BCUT2D eigenvalue weighted by Gasteiger charge is 2.52. The molecule has 1 aliphatic heterocycles. The number of ether oxygens (including phenoxy) is 5. The third-order valence-electron chi connectivity index (χ3n) is 6.17. The van der Waals surface area contributed by atoms with Crippen LogP contribution in [0.5, 0.6) is 0 Å². The Morgan fingerprint density at radius 1 is 0.806 bits per heavy atom. The van der Waals surface area contributed by atoms with Gasteiger partial charge in [0.1, 0.15) is 0 Å². The summed E-state index contributed by atoms with van der Waals surface area (Å²) in [5.74, 6) is -2.28. The molecule has 1 fully saturated rings. The van der Waals surface area contributed by atoms with Crippen LogP contribution in [0, 0.1) is 0 Å². The fourth-order valence-electron chi connectivity index (χ4n) is 4.21. The van der Waals surface area contributed by atoms with Crippen LogP contribution < -0.4 is 0 Å². The Morgan fingerprint density at radius 3 is 2.03 bits per heavy atom. The molecule has 0 radical (unpaired) electrons. The van der Waals surface area contributed by atoms with E-state index < -0.39 is 54.6 Å². The van der Waals surface area contributed by atoms with Crippen LogP contribution in [0.4, 0.5) is 0 Å². The van der Waals surface area contributed by atoms with Crippen molar-refractivity contribution in [2.45, 2.75) is 96.9 Å². The monoisotopic (exact) mass is 502 g/mol. The van der Waals surface area contributed by atoms with Gasteiger partial charge in [0.05, 0.1) is 6.10 Å². The largest absolute Gasteiger partial charge is 0.455 e. The first-order valence-electron chi connectivity index (χ1n) is 12.5. The molecule has 0 saturated carbocycles. The van der Waals surface area contributed by atoms with E-state index in [0.717, 1.165) is 17.6 Å². The molecule has 9 heteroatoms. The van der Waals surface area contributed by atoms with Gasteiger partial charge in [-0.2, -0.15) is 0 Å². The van der Waals surface area contributed by atoms with Crippen molar-refractivity contribution in [1.82, 2.24) is 0 Å². The maximum absolute atomic E-state index is 12.8. The number of esters is 4. The zero-order valence-electron chi connectivity index (χ0n) is 21.2. The number of carbonyl (C=O) groups is 4. The maximum Gasteiger partial charge on any atom is 0.308 e. The molecule has 36 heavy (non-hydrogen) atoms. The van der Waals surface area contributed by atoms with Crippen LogP contribution in [0.2, 0.25) is 0 Å². The molecule has 1 aromatic rings. The molecule has 0 spiro atoms. The molecule has 1 saturated heterocycles. The molecule has 1 unspecified atom stereocenters. The number of allylic oxidation sites excluding steroid dienone is 2. The summed E-state index contributed by atoms with van der Waals surface area (Å²) in [4.78, 5) is 49.3. The summed E-state index contributed by atoms with van der Waals surface area (Å²) in [5, 5.41) is 0. The van der Waals surface area contributed by atoms with Crippen molar-refractivity contribution in [3.63, 3.8) is 0 Å². The molecule has 5 atom stereocenters. The van der Waals surface area contributed by atoms with Gasteiger partial charge in [-0.3, -0.25) is 19.2 Å². The Bertz CT molecular complexity index is 999. The summed E-state index contributed by atoms with van der Waals surface area (Å²) in [6, 6.07) is 8.02. The number of fused-ring (bicyclic) bond motifs is 1. The Balaban J connectivity index is 1.76. The van der Waals surface area contributed by atoms with Crippen molar-refractivity contribution in [3.05, 3.63) is 41.5 Å². The molecule has 3 rings (SSSR count). The SMILES string of the molecule is CCC(=O)O[C@@H]1[C@H](OC(=O)CC)[C@H](C)OC(OC(=O)CCC2=CCc3ccccc32)[C@H]1OC(=O)CC. The Morgan fingerprint density at radius 2 is 1.39 bits per heavy atom. The van der Waals surface area contributed by atoms with E-state index >= 15 is 0 Å². The Labute approximate surface area is 211 Å². The first-order valence-corrected chi connectivity index (χ1v) is 12.5. The minimum absolute atomic E-state index is 0.0359. The van der Waals surface area contributed by atoms with Crippen molar-refractivity contribution < 1.29 is 42.9 Å². The molecular weight excluding hydrogens is 468 g/mol. The summed E-state index contributed by atoms with van der Waals surface area (Å²) >= 11 is 0. The van der Waals surface area contributed by atoms with Crippen LogP contribution in [0.25, 0.3) is 5.57 Å². The molecule has 1 aliphatic carbocycles. The van der Waals surface area contributed by atoms with Crippen LogP contribution in [-0.4, -0.2) is 54.6 Å². The van der Waals surface area contributed by atoms with Gasteiger partial charge in [0.25, 0.3) is 0 Å². The molecular formula is C27H34O9. The van der Waals surface area contributed by atoms with Crippen molar-refractivity contribution in [2.75, 3.05) is 0 Å². The average Bonchev–Trinajstić information content (AvgIpc) is 3.29. The highest BCUT2D eigenvalue weighted by Crippen LogP contribution is 2.32. The van der Waals surface area contributed by atoms with E-state index in [1.54, 1.807) is 27.7 Å². The summed E-state index contributed by atoms with van der Waals surface area (Å²) in [6.07, 6.45) is -2.02. The van der Waals surface area contributed by atoms with Crippen molar-refractivity contribution >= 4 is 29.5 Å². The van der Waals surface area contributed by atoms with E-state index in [1.165, 1.54) is 5.56 Å². The van der Waals surface area contributed by atoms with E-state index in [-0.39, 0.29) is 25.7 Å². The van der Waals surface area contributed by atoms with Crippen LogP contribution in [0.15, 0.2) is 30.3 Å². The lowest BCUT2D eigenvalue weighted by Gasteiger charge is -2.43. The van der Waals surface area contributed by atoms with Crippen LogP contribution in [0.3, 0.4) is 0 Å². The molecule has 1 aromatic carbocycles. The zero-order valence-corrected chi connectivity index (χ0v) is 21.2. The second-order valence-corrected chi connectivity index (χ2v) is 8.71. The number of rotatable bonds is 10. The third-order valence-corrected chi connectivity index (χ3v) is 6.17. The average molecular weight is 503 g/mol. The predicted molar refractivity (Wildman–Crippen MR) is 128 cm³/mol. The zero-order chi connectivity index (χ0) is 26.2. The molecule has 0 N–H and O–H groups in total. The van der Waals surface area contributed by atoms with Gasteiger partial charge in [-0.1, -0.05) is 51.1 Å². The second kappa shape index (κ2) is 12.7. The van der Waals surface area contributed by atoms with Gasteiger partial charge in [0, 0.05) is 25.7 Å². The maximum atomic E-state index is 12.8. The lowest BCUT2D eigenvalue weighted by atomic mass is 9.98. The first kappa shape index (κ1) is 27.4. The van der Waals surface area contributed by atoms with E-state index in [9.17, 15) is 19.2 Å². The van der Waals surface area contributed by atoms with E-state index in [4.69, 9.17) is 23.7 Å². The molecule has 9 nitrogen and oxygen atoms in total. The van der Waals surface area contributed by atoms with Crippen LogP contribution in [-0.2, 0) is 49.3 Å². The van der Waals surface area contributed by atoms with E-state index in [0.29, 0.717) is 6.42 Å². The summed E-state index contributed by atoms with van der Waals surface area (Å²) in [7, 11) is 0. The summed E-state index contributed by atoms with van der Waals surface area (Å²) < 4.78 is 28.0. The number of hydrogen-bond donors (Lipinski definition) is 0. The first-order chi connectivity index (χ1) is 17.3.